The summed E-state index contributed by atoms with van der Waals surface area (Å²) in [6.45, 7) is 5.26. The molecule has 0 atom stereocenters. The van der Waals surface area contributed by atoms with E-state index in [0.717, 1.165) is 44.4 Å². The van der Waals surface area contributed by atoms with Crippen LogP contribution in [0.2, 0.25) is 0 Å². The molecule has 4 heterocycles. The van der Waals surface area contributed by atoms with Crippen LogP contribution in [0.25, 0.3) is 16.0 Å². The zero-order valence-electron chi connectivity index (χ0n) is 19.7. The van der Waals surface area contributed by atoms with Crippen molar-refractivity contribution in [1.29, 1.82) is 0 Å². The summed E-state index contributed by atoms with van der Waals surface area (Å²) in [5.41, 5.74) is 3.26. The molecule has 6 rings (SSSR count). The van der Waals surface area contributed by atoms with Gasteiger partial charge in [-0.15, -0.1) is 21.5 Å². The van der Waals surface area contributed by atoms with Gasteiger partial charge in [0, 0.05) is 23.6 Å². The molecule has 8 heteroatoms. The molecule has 1 aliphatic heterocycles. The SMILES string of the molecule is CC1(C)Cc2c(sc3c2c(=O)n(CCc2ccccc2)c2nnc(SCc4ccccc4)n32)CO1. The van der Waals surface area contributed by atoms with Crippen molar-refractivity contribution >= 4 is 39.1 Å². The van der Waals surface area contributed by atoms with Crippen molar-refractivity contribution in [2.24, 2.45) is 0 Å². The fourth-order valence-corrected chi connectivity index (χ4v) is 6.83. The van der Waals surface area contributed by atoms with Crippen LogP contribution < -0.4 is 5.56 Å². The molecule has 35 heavy (non-hydrogen) atoms. The van der Waals surface area contributed by atoms with Gasteiger partial charge < -0.3 is 4.74 Å². The number of nitrogens with zero attached hydrogens (tertiary/aromatic N) is 4. The Hall–Kier alpha value is -2.94. The van der Waals surface area contributed by atoms with Crippen molar-refractivity contribution in [3.8, 4) is 0 Å². The van der Waals surface area contributed by atoms with Gasteiger partial charge in [0.2, 0.25) is 5.78 Å². The van der Waals surface area contributed by atoms with Gasteiger partial charge in [-0.1, -0.05) is 72.4 Å². The number of thiophene rings is 1. The van der Waals surface area contributed by atoms with E-state index < -0.39 is 0 Å². The van der Waals surface area contributed by atoms with Gasteiger partial charge in [0.05, 0.1) is 17.6 Å². The molecule has 0 radical (unpaired) electrons. The number of fused-ring (bicyclic) bond motifs is 5. The van der Waals surface area contributed by atoms with Gasteiger partial charge in [-0.3, -0.25) is 9.36 Å². The minimum absolute atomic E-state index is 0.0191. The number of benzene rings is 2. The molecule has 0 N–H and O–H groups in total. The predicted molar refractivity (Wildman–Crippen MR) is 141 cm³/mol. The Kier molecular flexibility index (Phi) is 5.75. The first-order valence-electron chi connectivity index (χ1n) is 11.8. The first-order chi connectivity index (χ1) is 17.0. The fraction of sp³-hybridized carbons (Fsp3) is 0.296. The summed E-state index contributed by atoms with van der Waals surface area (Å²) in [6.07, 6.45) is 1.47. The van der Waals surface area contributed by atoms with Crippen LogP contribution in [-0.2, 0) is 36.5 Å². The minimum atomic E-state index is -0.296. The molecule has 0 amide bonds. The second-order valence-electron chi connectivity index (χ2n) is 9.49. The van der Waals surface area contributed by atoms with E-state index >= 15 is 0 Å². The Morgan fingerprint density at radius 3 is 2.49 bits per heavy atom. The molecule has 0 unspecified atom stereocenters. The van der Waals surface area contributed by atoms with Crippen LogP contribution in [-0.4, -0.2) is 24.8 Å². The topological polar surface area (TPSA) is 61.4 Å². The summed E-state index contributed by atoms with van der Waals surface area (Å²) in [7, 11) is 0. The van der Waals surface area contributed by atoms with Gasteiger partial charge >= 0.3 is 0 Å². The summed E-state index contributed by atoms with van der Waals surface area (Å²) in [5.74, 6) is 1.39. The van der Waals surface area contributed by atoms with Crippen molar-refractivity contribution in [3.63, 3.8) is 0 Å². The molecule has 1 aliphatic rings. The van der Waals surface area contributed by atoms with E-state index in [0.29, 0.717) is 18.9 Å². The monoisotopic (exact) mass is 502 g/mol. The number of hydrogen-bond acceptors (Lipinski definition) is 6. The molecule has 5 aromatic rings. The summed E-state index contributed by atoms with van der Waals surface area (Å²) in [5, 5.41) is 10.7. The number of ether oxygens (including phenoxy) is 1. The number of thioether (sulfide) groups is 1. The maximum Gasteiger partial charge on any atom is 0.263 e. The van der Waals surface area contributed by atoms with Gasteiger partial charge in [-0.05, 0) is 37.0 Å². The summed E-state index contributed by atoms with van der Waals surface area (Å²) < 4.78 is 9.98. The molecule has 0 fully saturated rings. The van der Waals surface area contributed by atoms with Crippen LogP contribution in [0.1, 0.15) is 35.4 Å². The minimum Gasteiger partial charge on any atom is -0.370 e. The lowest BCUT2D eigenvalue weighted by Crippen LogP contribution is -2.32. The third-order valence-electron chi connectivity index (χ3n) is 6.47. The highest BCUT2D eigenvalue weighted by Crippen LogP contribution is 2.39. The zero-order valence-corrected chi connectivity index (χ0v) is 21.4. The molecule has 0 spiro atoms. The second kappa shape index (κ2) is 8.93. The first-order valence-corrected chi connectivity index (χ1v) is 13.6. The van der Waals surface area contributed by atoms with Crippen molar-refractivity contribution in [2.45, 2.75) is 56.4 Å². The van der Waals surface area contributed by atoms with Crippen molar-refractivity contribution in [2.75, 3.05) is 0 Å². The quantitative estimate of drug-likeness (QED) is 0.287. The lowest BCUT2D eigenvalue weighted by molar-refractivity contribution is -0.0379. The van der Waals surface area contributed by atoms with Gasteiger partial charge in [-0.25, -0.2) is 4.40 Å². The maximum absolute atomic E-state index is 13.9. The van der Waals surface area contributed by atoms with Gasteiger partial charge in [0.25, 0.3) is 5.56 Å². The normalized spacial score (nSPS) is 15.0. The number of hydrogen-bond donors (Lipinski definition) is 0. The third-order valence-corrected chi connectivity index (χ3v) is 8.66. The van der Waals surface area contributed by atoms with Gasteiger partial charge in [0.15, 0.2) is 5.16 Å². The van der Waals surface area contributed by atoms with Crippen molar-refractivity contribution in [3.05, 3.63) is 92.6 Å². The molecule has 0 aliphatic carbocycles. The number of aryl methyl sites for hydroxylation is 2. The van der Waals surface area contributed by atoms with E-state index in [9.17, 15) is 4.79 Å². The fourth-order valence-electron chi connectivity index (χ4n) is 4.66. The van der Waals surface area contributed by atoms with E-state index in [2.05, 4.69) is 52.7 Å². The lowest BCUT2D eigenvalue weighted by atomic mass is 9.94. The first kappa shape index (κ1) is 22.5. The largest absolute Gasteiger partial charge is 0.370 e. The highest BCUT2D eigenvalue weighted by Gasteiger charge is 2.32. The van der Waals surface area contributed by atoms with Crippen LogP contribution in [0.4, 0.5) is 0 Å². The average Bonchev–Trinajstić information content (AvgIpc) is 3.44. The van der Waals surface area contributed by atoms with Gasteiger partial charge in [0.1, 0.15) is 4.83 Å². The molecule has 6 nitrogen and oxygen atoms in total. The van der Waals surface area contributed by atoms with E-state index in [1.807, 2.05) is 41.0 Å². The lowest BCUT2D eigenvalue weighted by Gasteiger charge is -2.29. The number of aromatic nitrogens is 4. The molecule has 0 bridgehead atoms. The molecule has 2 aromatic carbocycles. The van der Waals surface area contributed by atoms with Gasteiger partial charge in [-0.2, -0.15) is 0 Å². The van der Waals surface area contributed by atoms with Crippen LogP contribution >= 0.6 is 23.1 Å². The Labute approximate surface area is 211 Å². The van der Waals surface area contributed by atoms with Crippen LogP contribution in [0.5, 0.6) is 0 Å². The smallest absolute Gasteiger partial charge is 0.263 e. The highest BCUT2D eigenvalue weighted by molar-refractivity contribution is 7.98. The van der Waals surface area contributed by atoms with Crippen LogP contribution in [0.15, 0.2) is 70.6 Å². The second-order valence-corrected chi connectivity index (χ2v) is 11.5. The Morgan fingerprint density at radius 1 is 1.03 bits per heavy atom. The number of rotatable bonds is 6. The Morgan fingerprint density at radius 2 is 1.74 bits per heavy atom. The summed E-state index contributed by atoms with van der Waals surface area (Å²) in [4.78, 5) is 16.0. The Balaban J connectivity index is 1.50. The molecule has 3 aromatic heterocycles. The molecule has 0 saturated carbocycles. The van der Waals surface area contributed by atoms with Crippen LogP contribution in [0.3, 0.4) is 0 Å². The zero-order chi connectivity index (χ0) is 24.0. The molecule has 178 valence electrons. The van der Waals surface area contributed by atoms with E-state index in [1.165, 1.54) is 11.1 Å². The van der Waals surface area contributed by atoms with E-state index in [4.69, 9.17) is 4.74 Å². The van der Waals surface area contributed by atoms with E-state index in [1.54, 1.807) is 23.1 Å². The summed E-state index contributed by atoms with van der Waals surface area (Å²) in [6, 6.07) is 20.6. The maximum atomic E-state index is 13.9. The van der Waals surface area contributed by atoms with E-state index in [-0.39, 0.29) is 11.2 Å². The molecule has 0 saturated heterocycles. The van der Waals surface area contributed by atoms with Crippen molar-refractivity contribution < 1.29 is 4.74 Å². The summed E-state index contributed by atoms with van der Waals surface area (Å²) >= 11 is 3.29. The molecular weight excluding hydrogens is 476 g/mol. The highest BCUT2D eigenvalue weighted by atomic mass is 32.2. The molecular formula is C27H26N4O2S2. The average molecular weight is 503 g/mol. The predicted octanol–water partition coefficient (Wildman–Crippen LogP) is 5.49. The third kappa shape index (κ3) is 4.20. The van der Waals surface area contributed by atoms with Crippen molar-refractivity contribution in [1.82, 2.24) is 19.2 Å². The Bertz CT molecular complexity index is 1570. The standard InChI is InChI=1S/C27H26N4O2S2/c1-27(2)15-20-21(16-33-27)35-24-22(20)23(32)30(14-13-18-9-5-3-6-10-18)25-28-29-26(31(24)25)34-17-19-11-7-4-8-12-19/h3-12H,13-17H2,1-2H3. The van der Waals surface area contributed by atoms with Crippen LogP contribution in [0, 0.1) is 0 Å².